The summed E-state index contributed by atoms with van der Waals surface area (Å²) in [6, 6.07) is 9.26. The molecule has 0 spiro atoms. The van der Waals surface area contributed by atoms with Gasteiger partial charge in [0.25, 0.3) is 0 Å². The van der Waals surface area contributed by atoms with Crippen LogP contribution in [0.1, 0.15) is 37.4 Å². The lowest BCUT2D eigenvalue weighted by atomic mass is 10.1. The Morgan fingerprint density at radius 2 is 1.94 bits per heavy atom. The van der Waals surface area contributed by atoms with Crippen LogP contribution in [0, 0.1) is 6.92 Å². The third kappa shape index (κ3) is 5.04. The van der Waals surface area contributed by atoms with Gasteiger partial charge < -0.3 is 5.32 Å². The molecule has 0 amide bonds. The SMILES string of the molecule is CCSCCCN[C@H](C)c1ccc(C)cc1. The fraction of sp³-hybridized carbons (Fsp3) is 0.571. The molecule has 0 fully saturated rings. The standard InChI is InChI=1S/C14H23NS/c1-4-16-11-5-10-15-13(3)14-8-6-12(2)7-9-14/h6-9,13,15H,4-5,10-11H2,1-3H3/t13-/m1/s1. The third-order valence-electron chi connectivity index (χ3n) is 2.70. The van der Waals surface area contributed by atoms with Gasteiger partial charge in [0.15, 0.2) is 0 Å². The number of thioether (sulfide) groups is 1. The molecule has 0 heterocycles. The number of hydrogen-bond acceptors (Lipinski definition) is 2. The van der Waals surface area contributed by atoms with Gasteiger partial charge in [-0.25, -0.2) is 0 Å². The molecular formula is C14H23NS. The average molecular weight is 237 g/mol. The molecule has 0 saturated heterocycles. The van der Waals surface area contributed by atoms with Gasteiger partial charge in [0.05, 0.1) is 0 Å². The molecule has 1 atom stereocenters. The molecule has 0 aliphatic heterocycles. The van der Waals surface area contributed by atoms with E-state index in [0.717, 1.165) is 6.54 Å². The van der Waals surface area contributed by atoms with E-state index >= 15 is 0 Å². The fourth-order valence-electron chi connectivity index (χ4n) is 1.61. The van der Waals surface area contributed by atoms with Crippen molar-refractivity contribution in [2.45, 2.75) is 33.2 Å². The van der Waals surface area contributed by atoms with Crippen molar-refractivity contribution in [1.29, 1.82) is 0 Å². The minimum atomic E-state index is 0.465. The third-order valence-corrected chi connectivity index (χ3v) is 3.68. The molecule has 16 heavy (non-hydrogen) atoms. The summed E-state index contributed by atoms with van der Waals surface area (Å²) >= 11 is 2.02. The Morgan fingerprint density at radius 1 is 1.25 bits per heavy atom. The first-order chi connectivity index (χ1) is 7.74. The van der Waals surface area contributed by atoms with Crippen LogP contribution < -0.4 is 5.32 Å². The molecule has 1 aromatic carbocycles. The largest absolute Gasteiger partial charge is 0.310 e. The van der Waals surface area contributed by atoms with Crippen molar-refractivity contribution >= 4 is 11.8 Å². The van der Waals surface area contributed by atoms with Crippen molar-refractivity contribution in [2.24, 2.45) is 0 Å². The van der Waals surface area contributed by atoms with Crippen molar-refractivity contribution in [3.05, 3.63) is 35.4 Å². The Bertz CT molecular complexity index is 281. The number of hydrogen-bond donors (Lipinski definition) is 1. The van der Waals surface area contributed by atoms with E-state index in [4.69, 9.17) is 0 Å². The summed E-state index contributed by atoms with van der Waals surface area (Å²) in [7, 11) is 0. The summed E-state index contributed by atoms with van der Waals surface area (Å²) in [4.78, 5) is 0. The van der Waals surface area contributed by atoms with Gasteiger partial charge in [-0.3, -0.25) is 0 Å². The highest BCUT2D eigenvalue weighted by Gasteiger charge is 2.02. The summed E-state index contributed by atoms with van der Waals surface area (Å²) < 4.78 is 0. The monoisotopic (exact) mass is 237 g/mol. The summed E-state index contributed by atoms with van der Waals surface area (Å²) in [5.41, 5.74) is 2.71. The normalized spacial score (nSPS) is 12.7. The van der Waals surface area contributed by atoms with Crippen LogP contribution in [-0.2, 0) is 0 Å². The lowest BCUT2D eigenvalue weighted by Gasteiger charge is -2.14. The lowest BCUT2D eigenvalue weighted by Crippen LogP contribution is -2.20. The van der Waals surface area contributed by atoms with E-state index in [1.165, 1.54) is 29.1 Å². The molecule has 0 unspecified atom stereocenters. The molecule has 0 aromatic heterocycles. The van der Waals surface area contributed by atoms with Crippen LogP contribution in [-0.4, -0.2) is 18.1 Å². The first-order valence-electron chi connectivity index (χ1n) is 6.11. The van der Waals surface area contributed by atoms with Crippen molar-refractivity contribution < 1.29 is 0 Å². The van der Waals surface area contributed by atoms with Crippen LogP contribution in [0.3, 0.4) is 0 Å². The lowest BCUT2D eigenvalue weighted by molar-refractivity contribution is 0.572. The molecular weight excluding hydrogens is 214 g/mol. The minimum absolute atomic E-state index is 0.465. The Morgan fingerprint density at radius 3 is 2.56 bits per heavy atom. The molecule has 0 aliphatic rings. The van der Waals surface area contributed by atoms with E-state index in [0.29, 0.717) is 6.04 Å². The minimum Gasteiger partial charge on any atom is -0.310 e. The smallest absolute Gasteiger partial charge is 0.0291 e. The molecule has 90 valence electrons. The Kier molecular flexibility index (Phi) is 6.58. The fourth-order valence-corrected chi connectivity index (χ4v) is 2.25. The predicted octanol–water partition coefficient (Wildman–Crippen LogP) is 3.79. The highest BCUT2D eigenvalue weighted by Crippen LogP contribution is 2.13. The van der Waals surface area contributed by atoms with Gasteiger partial charge in [0, 0.05) is 6.04 Å². The van der Waals surface area contributed by atoms with Gasteiger partial charge in [-0.05, 0) is 43.9 Å². The maximum atomic E-state index is 3.56. The van der Waals surface area contributed by atoms with Crippen LogP contribution in [0.2, 0.25) is 0 Å². The van der Waals surface area contributed by atoms with E-state index in [2.05, 4.69) is 50.4 Å². The van der Waals surface area contributed by atoms with Gasteiger partial charge in [0.1, 0.15) is 0 Å². The average Bonchev–Trinajstić information content (AvgIpc) is 2.29. The van der Waals surface area contributed by atoms with Gasteiger partial charge in [-0.2, -0.15) is 11.8 Å². The van der Waals surface area contributed by atoms with Crippen LogP contribution in [0.25, 0.3) is 0 Å². The molecule has 1 rings (SSSR count). The van der Waals surface area contributed by atoms with E-state index in [1.807, 2.05) is 11.8 Å². The number of benzene rings is 1. The second-order valence-electron chi connectivity index (χ2n) is 4.14. The first-order valence-corrected chi connectivity index (χ1v) is 7.27. The molecule has 0 saturated carbocycles. The van der Waals surface area contributed by atoms with Gasteiger partial charge in [-0.15, -0.1) is 0 Å². The molecule has 1 N–H and O–H groups in total. The summed E-state index contributed by atoms with van der Waals surface area (Å²) in [6.45, 7) is 7.69. The van der Waals surface area contributed by atoms with Gasteiger partial charge in [-0.1, -0.05) is 36.8 Å². The Balaban J connectivity index is 2.24. The summed E-state index contributed by atoms with van der Waals surface area (Å²) in [5, 5.41) is 3.56. The second kappa shape index (κ2) is 7.75. The van der Waals surface area contributed by atoms with Crippen molar-refractivity contribution in [3.63, 3.8) is 0 Å². The van der Waals surface area contributed by atoms with Crippen LogP contribution in [0.15, 0.2) is 24.3 Å². The molecule has 1 aromatic rings. The zero-order chi connectivity index (χ0) is 11.8. The predicted molar refractivity (Wildman–Crippen MR) is 75.2 cm³/mol. The highest BCUT2D eigenvalue weighted by molar-refractivity contribution is 7.99. The van der Waals surface area contributed by atoms with Crippen LogP contribution in [0.5, 0.6) is 0 Å². The maximum Gasteiger partial charge on any atom is 0.0291 e. The number of aryl methyl sites for hydroxylation is 1. The summed E-state index contributed by atoms with van der Waals surface area (Å²) in [5.74, 6) is 2.50. The Hall–Kier alpha value is -0.470. The molecule has 2 heteroatoms. The number of nitrogens with one attached hydrogen (secondary N) is 1. The topological polar surface area (TPSA) is 12.0 Å². The zero-order valence-corrected chi connectivity index (χ0v) is 11.4. The van der Waals surface area contributed by atoms with Crippen LogP contribution in [0.4, 0.5) is 0 Å². The van der Waals surface area contributed by atoms with E-state index in [9.17, 15) is 0 Å². The van der Waals surface area contributed by atoms with Crippen LogP contribution >= 0.6 is 11.8 Å². The van der Waals surface area contributed by atoms with E-state index in [-0.39, 0.29) is 0 Å². The van der Waals surface area contributed by atoms with E-state index in [1.54, 1.807) is 0 Å². The van der Waals surface area contributed by atoms with Gasteiger partial charge >= 0.3 is 0 Å². The highest BCUT2D eigenvalue weighted by atomic mass is 32.2. The maximum absolute atomic E-state index is 3.56. The zero-order valence-electron chi connectivity index (χ0n) is 10.6. The number of rotatable bonds is 7. The molecule has 0 bridgehead atoms. The first kappa shape index (κ1) is 13.6. The molecule has 0 aliphatic carbocycles. The summed E-state index contributed by atoms with van der Waals surface area (Å²) in [6.07, 6.45) is 1.26. The molecule has 1 nitrogen and oxygen atoms in total. The quantitative estimate of drug-likeness (QED) is 0.724. The van der Waals surface area contributed by atoms with Crippen molar-refractivity contribution in [3.8, 4) is 0 Å². The second-order valence-corrected chi connectivity index (χ2v) is 5.53. The van der Waals surface area contributed by atoms with Gasteiger partial charge in [0.2, 0.25) is 0 Å². The van der Waals surface area contributed by atoms with Crippen molar-refractivity contribution in [1.82, 2.24) is 5.32 Å². The van der Waals surface area contributed by atoms with Crippen molar-refractivity contribution in [2.75, 3.05) is 18.1 Å². The molecule has 0 radical (unpaired) electrons. The van der Waals surface area contributed by atoms with E-state index < -0.39 is 0 Å². The Labute approximate surface area is 104 Å².